The summed E-state index contributed by atoms with van der Waals surface area (Å²) in [6, 6.07) is 0. The summed E-state index contributed by atoms with van der Waals surface area (Å²) in [6.45, 7) is 0. The second-order valence-electron chi connectivity index (χ2n) is 1.18. The summed E-state index contributed by atoms with van der Waals surface area (Å²) in [6.07, 6.45) is 0. The third-order valence-corrected chi connectivity index (χ3v) is 1.22. The normalized spacial score (nSPS) is 9.80. The van der Waals surface area contributed by atoms with Gasteiger partial charge >= 0.3 is 46.1 Å². The Balaban J connectivity index is -0.000000320. The van der Waals surface area contributed by atoms with Crippen LogP contribution in [0.15, 0.2) is 0 Å². The van der Waals surface area contributed by atoms with Gasteiger partial charge in [0, 0.05) is 0 Å². The maximum Gasteiger partial charge on any atom is 1.00 e. The Morgan fingerprint density at radius 1 is 1.40 bits per heavy atom. The second-order valence-corrected chi connectivity index (χ2v) is 2.28. The summed E-state index contributed by atoms with van der Waals surface area (Å²) in [4.78, 5) is 19.3. The van der Waals surface area contributed by atoms with E-state index in [1.165, 1.54) is 0 Å². The molecule has 0 amide bonds. The third kappa shape index (κ3) is 2.96. The molecule has 0 aromatic rings. The molecule has 0 bridgehead atoms. The number of rotatable bonds is 2. The van der Waals surface area contributed by atoms with Gasteiger partial charge in [-0.05, 0) is 15.9 Å². The zero-order chi connectivity index (χ0) is 7.65. The fourth-order valence-electron chi connectivity index (χ4n) is 0.0915. The Labute approximate surface area is 87.3 Å². The molecule has 0 spiro atoms. The fourth-order valence-corrected chi connectivity index (χ4v) is 0.0915. The molecule has 0 heterocycles. The Hall–Kier alpha value is 0.350. The molecular weight excluding hydrogens is 222 g/mol. The van der Waals surface area contributed by atoms with Crippen molar-refractivity contribution in [2.75, 3.05) is 0 Å². The largest absolute Gasteiger partial charge is 1.00 e. The van der Waals surface area contributed by atoms with Gasteiger partial charge in [0.05, 0.1) is 0 Å². The van der Waals surface area contributed by atoms with E-state index < -0.39 is 16.5 Å². The number of hydrogen-bond acceptors (Lipinski definition) is 2. The zero-order valence-corrected chi connectivity index (χ0v) is 8.55. The summed E-state index contributed by atoms with van der Waals surface area (Å²) in [5.41, 5.74) is 0. The van der Waals surface area contributed by atoms with Gasteiger partial charge in [0.25, 0.3) is 0 Å². The molecule has 0 unspecified atom stereocenters. The maximum atomic E-state index is 12.1. The van der Waals surface area contributed by atoms with Gasteiger partial charge in [-0.25, -0.2) is 14.0 Å². The van der Waals surface area contributed by atoms with Crippen LogP contribution in [-0.4, -0.2) is 26.7 Å². The number of aliphatic carboxylic acids is 2. The van der Waals surface area contributed by atoms with E-state index in [1.807, 2.05) is 15.9 Å². The van der Waals surface area contributed by atoms with Crippen LogP contribution in [0, 0.1) is 0 Å². The SMILES string of the molecule is O=C(O)C(F)(Br)C(=O)O.[H-].[Na+]. The molecule has 0 rings (SSSR count). The summed E-state index contributed by atoms with van der Waals surface area (Å²) in [5.74, 6) is -4.15. The van der Waals surface area contributed by atoms with Crippen molar-refractivity contribution in [1.29, 1.82) is 0 Å². The van der Waals surface area contributed by atoms with Crippen LogP contribution in [0.2, 0.25) is 0 Å². The quantitative estimate of drug-likeness (QED) is 0.305. The van der Waals surface area contributed by atoms with E-state index in [0.717, 1.165) is 0 Å². The van der Waals surface area contributed by atoms with Gasteiger partial charge in [-0.2, -0.15) is 0 Å². The predicted octanol–water partition coefficient (Wildman–Crippen LogP) is -2.67. The van der Waals surface area contributed by atoms with Gasteiger partial charge in [-0.1, -0.05) is 0 Å². The summed E-state index contributed by atoms with van der Waals surface area (Å²) in [7, 11) is 0. The van der Waals surface area contributed by atoms with E-state index in [1.54, 1.807) is 0 Å². The first-order valence-corrected chi connectivity index (χ1v) is 2.53. The molecule has 0 saturated heterocycles. The standard InChI is InChI=1S/C3H2BrFO4.Na.H/c4-3(5,1(6)7)2(8)9;;/h(H,6,7)(H,8,9);;/q;+1;-1. The summed E-state index contributed by atoms with van der Waals surface area (Å²) in [5, 5.41) is 15.6. The van der Waals surface area contributed by atoms with Crippen LogP contribution in [0.4, 0.5) is 4.39 Å². The molecule has 0 aromatic carbocycles. The Morgan fingerprint density at radius 3 is 1.60 bits per heavy atom. The minimum atomic E-state index is -3.35. The first-order chi connectivity index (χ1) is 3.89. The van der Waals surface area contributed by atoms with E-state index in [0.29, 0.717) is 0 Å². The number of carbonyl (C=O) groups is 2. The van der Waals surface area contributed by atoms with Crippen molar-refractivity contribution < 1.29 is 55.2 Å². The number of hydrogen-bond donors (Lipinski definition) is 2. The van der Waals surface area contributed by atoms with Crippen molar-refractivity contribution >= 4 is 27.9 Å². The number of carboxylic acids is 2. The molecule has 4 nitrogen and oxygen atoms in total. The molecule has 0 atom stereocenters. The average Bonchev–Trinajstić information content (AvgIpc) is 1.65. The zero-order valence-electron chi connectivity index (χ0n) is 5.97. The average molecular weight is 225 g/mol. The summed E-state index contributed by atoms with van der Waals surface area (Å²) < 4.78 is 8.70. The molecule has 10 heavy (non-hydrogen) atoms. The van der Waals surface area contributed by atoms with Crippen molar-refractivity contribution in [2.45, 2.75) is 4.58 Å². The van der Waals surface area contributed by atoms with Crippen LogP contribution in [0.25, 0.3) is 0 Å². The minimum absolute atomic E-state index is 0. The molecule has 2 N–H and O–H groups in total. The predicted molar refractivity (Wildman–Crippen MR) is 29.1 cm³/mol. The smallest absolute Gasteiger partial charge is 1.00 e. The van der Waals surface area contributed by atoms with E-state index in [2.05, 4.69) is 0 Å². The first kappa shape index (κ1) is 13.0. The van der Waals surface area contributed by atoms with Crippen molar-refractivity contribution in [2.24, 2.45) is 0 Å². The van der Waals surface area contributed by atoms with E-state index in [-0.39, 0.29) is 31.0 Å². The Bertz CT molecular complexity index is 147. The molecule has 0 aliphatic carbocycles. The second kappa shape index (κ2) is 4.27. The van der Waals surface area contributed by atoms with Gasteiger partial charge < -0.3 is 11.6 Å². The Morgan fingerprint density at radius 2 is 1.60 bits per heavy atom. The molecular formula is C3H3BrFNaO4. The van der Waals surface area contributed by atoms with Gasteiger partial charge in [0.1, 0.15) is 0 Å². The topological polar surface area (TPSA) is 74.6 Å². The summed E-state index contributed by atoms with van der Waals surface area (Å²) >= 11 is 1.84. The number of alkyl halides is 2. The van der Waals surface area contributed by atoms with Crippen molar-refractivity contribution in [3.05, 3.63) is 0 Å². The maximum absolute atomic E-state index is 12.1. The van der Waals surface area contributed by atoms with E-state index in [4.69, 9.17) is 10.2 Å². The molecule has 0 aliphatic rings. The molecule has 0 saturated carbocycles. The van der Waals surface area contributed by atoms with Crippen LogP contribution < -0.4 is 29.6 Å². The molecule has 0 aromatic heterocycles. The molecule has 7 heteroatoms. The fraction of sp³-hybridized carbons (Fsp3) is 0.333. The molecule has 0 fully saturated rings. The third-order valence-electron chi connectivity index (χ3n) is 0.537. The van der Waals surface area contributed by atoms with Crippen LogP contribution >= 0.6 is 15.9 Å². The van der Waals surface area contributed by atoms with Crippen LogP contribution in [0.1, 0.15) is 1.43 Å². The van der Waals surface area contributed by atoms with E-state index in [9.17, 15) is 14.0 Å². The van der Waals surface area contributed by atoms with Gasteiger partial charge in [0.2, 0.25) is 0 Å². The van der Waals surface area contributed by atoms with Gasteiger partial charge in [-0.3, -0.25) is 0 Å². The monoisotopic (exact) mass is 224 g/mol. The van der Waals surface area contributed by atoms with E-state index >= 15 is 0 Å². The number of halogens is 2. The van der Waals surface area contributed by atoms with Crippen LogP contribution in [-0.2, 0) is 9.59 Å². The van der Waals surface area contributed by atoms with Crippen molar-refractivity contribution in [3.8, 4) is 0 Å². The minimum Gasteiger partial charge on any atom is -1.00 e. The number of carboxylic acid groups (broad SMARTS) is 2. The first-order valence-electron chi connectivity index (χ1n) is 1.73. The molecule has 0 radical (unpaired) electrons. The van der Waals surface area contributed by atoms with Gasteiger partial charge in [0.15, 0.2) is 0 Å². The van der Waals surface area contributed by atoms with Crippen molar-refractivity contribution in [3.63, 3.8) is 0 Å². The van der Waals surface area contributed by atoms with Crippen molar-refractivity contribution in [1.82, 2.24) is 0 Å². The molecule has 0 aliphatic heterocycles. The van der Waals surface area contributed by atoms with Gasteiger partial charge in [-0.15, -0.1) is 0 Å². The Kier molecular flexibility index (Phi) is 5.55. The van der Waals surface area contributed by atoms with Crippen LogP contribution in [0.5, 0.6) is 0 Å². The molecule has 54 valence electrons. The van der Waals surface area contributed by atoms with Crippen LogP contribution in [0.3, 0.4) is 0 Å².